The summed E-state index contributed by atoms with van der Waals surface area (Å²) in [5.74, 6) is 0.589. The highest BCUT2D eigenvalue weighted by atomic mass is 16.3. The molecule has 2 heteroatoms. The standard InChI is InChI=1S/C15H29NO/c1-15(2)8-4-10-16(12-9-15)11-7-13-5-3-6-14(13)17/h13-14,17H,3-12H2,1-2H3. The fourth-order valence-corrected chi connectivity index (χ4v) is 3.40. The summed E-state index contributed by atoms with van der Waals surface area (Å²) in [5.41, 5.74) is 0.543. The van der Waals surface area contributed by atoms with Gasteiger partial charge in [-0.15, -0.1) is 0 Å². The van der Waals surface area contributed by atoms with Gasteiger partial charge in [-0.1, -0.05) is 20.3 Å². The van der Waals surface area contributed by atoms with E-state index in [1.54, 1.807) is 0 Å². The number of hydrogen-bond donors (Lipinski definition) is 1. The quantitative estimate of drug-likeness (QED) is 0.818. The number of likely N-dealkylation sites (tertiary alicyclic amines) is 1. The molecule has 0 spiro atoms. The number of hydrogen-bond acceptors (Lipinski definition) is 2. The molecule has 1 aliphatic heterocycles. The lowest BCUT2D eigenvalue weighted by molar-refractivity contribution is 0.118. The number of aliphatic hydroxyl groups is 1. The highest BCUT2D eigenvalue weighted by molar-refractivity contribution is 4.80. The third kappa shape index (κ3) is 3.96. The molecule has 100 valence electrons. The first-order valence-corrected chi connectivity index (χ1v) is 7.47. The van der Waals surface area contributed by atoms with E-state index in [0.29, 0.717) is 11.3 Å². The van der Waals surface area contributed by atoms with Gasteiger partial charge in [-0.3, -0.25) is 0 Å². The SMILES string of the molecule is CC1(C)CCCN(CCC2CCCC2O)CC1. The lowest BCUT2D eigenvalue weighted by atomic mass is 9.85. The molecule has 0 bridgehead atoms. The van der Waals surface area contributed by atoms with Crippen LogP contribution in [-0.2, 0) is 0 Å². The Morgan fingerprint density at radius 1 is 1.12 bits per heavy atom. The second kappa shape index (κ2) is 5.71. The van der Waals surface area contributed by atoms with Crippen molar-refractivity contribution in [2.24, 2.45) is 11.3 Å². The Bertz CT molecular complexity index is 239. The molecule has 0 amide bonds. The molecular weight excluding hydrogens is 210 g/mol. The first kappa shape index (κ1) is 13.4. The van der Waals surface area contributed by atoms with Gasteiger partial charge in [0.2, 0.25) is 0 Å². The van der Waals surface area contributed by atoms with Crippen LogP contribution < -0.4 is 0 Å². The smallest absolute Gasteiger partial charge is 0.0568 e. The molecule has 1 saturated heterocycles. The van der Waals surface area contributed by atoms with Gasteiger partial charge in [0, 0.05) is 0 Å². The maximum absolute atomic E-state index is 9.84. The van der Waals surface area contributed by atoms with Gasteiger partial charge in [0.15, 0.2) is 0 Å². The van der Waals surface area contributed by atoms with Crippen LogP contribution in [0.2, 0.25) is 0 Å². The maximum Gasteiger partial charge on any atom is 0.0568 e. The molecule has 2 aliphatic rings. The van der Waals surface area contributed by atoms with Gasteiger partial charge >= 0.3 is 0 Å². The molecule has 1 saturated carbocycles. The van der Waals surface area contributed by atoms with Gasteiger partial charge < -0.3 is 10.0 Å². The minimum atomic E-state index is -0.00146. The number of rotatable bonds is 3. The van der Waals surface area contributed by atoms with Crippen LogP contribution in [0.5, 0.6) is 0 Å². The summed E-state index contributed by atoms with van der Waals surface area (Å²) in [5, 5.41) is 9.84. The summed E-state index contributed by atoms with van der Waals surface area (Å²) in [6.45, 7) is 8.54. The Labute approximate surface area is 106 Å². The zero-order valence-corrected chi connectivity index (χ0v) is 11.6. The summed E-state index contributed by atoms with van der Waals surface area (Å²) >= 11 is 0. The van der Waals surface area contributed by atoms with E-state index in [-0.39, 0.29) is 6.10 Å². The number of nitrogens with zero attached hydrogens (tertiary/aromatic N) is 1. The average Bonchev–Trinajstić information content (AvgIpc) is 2.58. The summed E-state index contributed by atoms with van der Waals surface area (Å²) in [6.07, 6.45) is 8.78. The van der Waals surface area contributed by atoms with Crippen molar-refractivity contribution in [1.29, 1.82) is 0 Å². The summed E-state index contributed by atoms with van der Waals surface area (Å²) in [4.78, 5) is 2.62. The van der Waals surface area contributed by atoms with Crippen molar-refractivity contribution in [3.8, 4) is 0 Å². The highest BCUT2D eigenvalue weighted by Gasteiger charge is 2.27. The van der Waals surface area contributed by atoms with Crippen LogP contribution in [0.3, 0.4) is 0 Å². The normalized spacial score (nSPS) is 34.8. The molecule has 0 aromatic rings. The molecule has 0 aromatic heterocycles. The third-order valence-electron chi connectivity index (χ3n) is 4.87. The van der Waals surface area contributed by atoms with E-state index >= 15 is 0 Å². The largest absolute Gasteiger partial charge is 0.393 e. The van der Waals surface area contributed by atoms with E-state index in [9.17, 15) is 5.11 Å². The van der Waals surface area contributed by atoms with E-state index in [2.05, 4.69) is 18.7 Å². The first-order chi connectivity index (χ1) is 8.07. The lowest BCUT2D eigenvalue weighted by Crippen LogP contribution is -2.29. The Morgan fingerprint density at radius 3 is 2.65 bits per heavy atom. The van der Waals surface area contributed by atoms with Gasteiger partial charge in [-0.25, -0.2) is 0 Å². The van der Waals surface area contributed by atoms with Crippen molar-refractivity contribution in [3.05, 3.63) is 0 Å². The zero-order chi connectivity index (χ0) is 12.3. The lowest BCUT2D eigenvalue weighted by Gasteiger charge is -2.24. The van der Waals surface area contributed by atoms with Gasteiger partial charge in [0.25, 0.3) is 0 Å². The summed E-state index contributed by atoms with van der Waals surface area (Å²) in [6, 6.07) is 0. The van der Waals surface area contributed by atoms with Crippen LogP contribution in [0, 0.1) is 11.3 Å². The van der Waals surface area contributed by atoms with Crippen molar-refractivity contribution >= 4 is 0 Å². The fourth-order valence-electron chi connectivity index (χ4n) is 3.40. The van der Waals surface area contributed by atoms with Crippen LogP contribution in [0.4, 0.5) is 0 Å². The van der Waals surface area contributed by atoms with Crippen molar-refractivity contribution < 1.29 is 5.11 Å². The van der Waals surface area contributed by atoms with E-state index in [1.807, 2.05) is 0 Å². The molecule has 2 atom stereocenters. The molecule has 17 heavy (non-hydrogen) atoms. The Kier molecular flexibility index (Phi) is 4.48. The third-order valence-corrected chi connectivity index (χ3v) is 4.87. The van der Waals surface area contributed by atoms with Crippen LogP contribution in [0.25, 0.3) is 0 Å². The minimum absolute atomic E-state index is 0.00146. The molecule has 2 rings (SSSR count). The Hall–Kier alpha value is -0.0800. The van der Waals surface area contributed by atoms with Crippen LogP contribution in [-0.4, -0.2) is 35.7 Å². The first-order valence-electron chi connectivity index (χ1n) is 7.47. The monoisotopic (exact) mass is 239 g/mol. The second-order valence-electron chi connectivity index (χ2n) is 6.91. The van der Waals surface area contributed by atoms with Crippen molar-refractivity contribution in [1.82, 2.24) is 4.90 Å². The topological polar surface area (TPSA) is 23.5 Å². The van der Waals surface area contributed by atoms with E-state index < -0.39 is 0 Å². The van der Waals surface area contributed by atoms with Crippen LogP contribution in [0.15, 0.2) is 0 Å². The van der Waals surface area contributed by atoms with Crippen molar-refractivity contribution in [2.75, 3.05) is 19.6 Å². The van der Waals surface area contributed by atoms with Crippen molar-refractivity contribution in [2.45, 2.75) is 64.9 Å². The molecule has 2 unspecified atom stereocenters. The van der Waals surface area contributed by atoms with Gasteiger partial charge in [0.1, 0.15) is 0 Å². The Morgan fingerprint density at radius 2 is 1.94 bits per heavy atom. The number of aliphatic hydroxyl groups excluding tert-OH is 1. The molecule has 0 radical (unpaired) electrons. The molecule has 1 N–H and O–H groups in total. The van der Waals surface area contributed by atoms with Gasteiger partial charge in [-0.2, -0.15) is 0 Å². The summed E-state index contributed by atoms with van der Waals surface area (Å²) in [7, 11) is 0. The average molecular weight is 239 g/mol. The summed E-state index contributed by atoms with van der Waals surface area (Å²) < 4.78 is 0. The molecule has 0 aromatic carbocycles. The van der Waals surface area contributed by atoms with Crippen molar-refractivity contribution in [3.63, 3.8) is 0 Å². The fraction of sp³-hybridized carbons (Fsp3) is 1.00. The zero-order valence-electron chi connectivity index (χ0n) is 11.6. The molecule has 1 heterocycles. The molecule has 2 nitrogen and oxygen atoms in total. The maximum atomic E-state index is 9.84. The van der Waals surface area contributed by atoms with Crippen LogP contribution >= 0.6 is 0 Å². The van der Waals surface area contributed by atoms with Gasteiger partial charge in [0.05, 0.1) is 6.10 Å². The predicted octanol–water partition coefficient (Wildman–Crippen LogP) is 3.05. The molecule has 1 aliphatic carbocycles. The Balaban J connectivity index is 1.72. The predicted molar refractivity (Wildman–Crippen MR) is 72.0 cm³/mol. The van der Waals surface area contributed by atoms with Crippen LogP contribution in [0.1, 0.15) is 58.8 Å². The van der Waals surface area contributed by atoms with E-state index in [0.717, 1.165) is 6.42 Å². The second-order valence-corrected chi connectivity index (χ2v) is 6.91. The molecular formula is C15H29NO. The van der Waals surface area contributed by atoms with E-state index in [1.165, 1.54) is 58.2 Å². The molecule has 2 fully saturated rings. The highest BCUT2D eigenvalue weighted by Crippen LogP contribution is 2.31. The minimum Gasteiger partial charge on any atom is -0.393 e. The van der Waals surface area contributed by atoms with Gasteiger partial charge in [-0.05, 0) is 69.5 Å². The van der Waals surface area contributed by atoms with E-state index in [4.69, 9.17) is 0 Å².